The molecular formula is C10H6MgO6. The molecule has 0 N–H and O–H groups in total. The van der Waals surface area contributed by atoms with Gasteiger partial charge in [-0.1, -0.05) is 0 Å². The van der Waals surface area contributed by atoms with E-state index in [-0.39, 0.29) is 34.2 Å². The van der Waals surface area contributed by atoms with Gasteiger partial charge in [0, 0.05) is 11.1 Å². The molecule has 2 heterocycles. The van der Waals surface area contributed by atoms with Gasteiger partial charge in [-0.3, -0.25) is 0 Å². The molecular weight excluding hydrogens is 240 g/mol. The molecule has 0 saturated heterocycles. The van der Waals surface area contributed by atoms with E-state index in [0.29, 0.717) is 0 Å². The summed E-state index contributed by atoms with van der Waals surface area (Å²) in [6.45, 7) is 0. The number of aromatic carboxylic acids is 2. The number of hydrogen-bond donors (Lipinski definition) is 0. The Balaban J connectivity index is 0.000000284. The van der Waals surface area contributed by atoms with Crippen molar-refractivity contribution in [3.8, 4) is 0 Å². The minimum absolute atomic E-state index is 0. The van der Waals surface area contributed by atoms with E-state index in [1.165, 1.54) is 24.7 Å². The van der Waals surface area contributed by atoms with Crippen molar-refractivity contribution in [2.24, 2.45) is 0 Å². The quantitative estimate of drug-likeness (QED) is 0.623. The summed E-state index contributed by atoms with van der Waals surface area (Å²) in [7, 11) is 0. The Hall–Kier alpha value is -1.73. The fourth-order valence-corrected chi connectivity index (χ4v) is 0.761. The van der Waals surface area contributed by atoms with Crippen molar-refractivity contribution in [1.82, 2.24) is 0 Å². The van der Waals surface area contributed by atoms with Crippen LogP contribution < -0.4 is 10.2 Å². The van der Waals surface area contributed by atoms with Crippen molar-refractivity contribution in [2.75, 3.05) is 0 Å². The van der Waals surface area contributed by atoms with Crippen LogP contribution in [0.3, 0.4) is 0 Å². The standard InChI is InChI=1S/2C5H4O3.Mg/c2*6-5(7)4-1-2-8-3-4;/h2*1-3H,(H,6,7);/q;;+2/p-2. The molecule has 0 atom stereocenters. The van der Waals surface area contributed by atoms with E-state index in [9.17, 15) is 19.8 Å². The molecule has 0 fully saturated rings. The van der Waals surface area contributed by atoms with Gasteiger partial charge in [0.25, 0.3) is 0 Å². The van der Waals surface area contributed by atoms with Crippen LogP contribution in [0.25, 0.3) is 0 Å². The average Bonchev–Trinajstić information content (AvgIpc) is 2.93. The Labute approximate surface area is 112 Å². The van der Waals surface area contributed by atoms with Crippen LogP contribution in [0.1, 0.15) is 20.7 Å². The topological polar surface area (TPSA) is 107 Å². The largest absolute Gasteiger partial charge is 2.00 e. The van der Waals surface area contributed by atoms with Crippen molar-refractivity contribution >= 4 is 35.0 Å². The van der Waals surface area contributed by atoms with Crippen LogP contribution in [-0.2, 0) is 0 Å². The van der Waals surface area contributed by atoms with E-state index in [2.05, 4.69) is 8.83 Å². The van der Waals surface area contributed by atoms with Gasteiger partial charge in [0.15, 0.2) is 0 Å². The zero-order chi connectivity index (χ0) is 12.0. The number of hydrogen-bond acceptors (Lipinski definition) is 6. The Bertz CT molecular complexity index is 401. The van der Waals surface area contributed by atoms with E-state index in [1.54, 1.807) is 0 Å². The molecule has 2 aromatic rings. The van der Waals surface area contributed by atoms with E-state index < -0.39 is 11.9 Å². The van der Waals surface area contributed by atoms with Crippen LogP contribution in [0.5, 0.6) is 0 Å². The van der Waals surface area contributed by atoms with Gasteiger partial charge in [0.1, 0.15) is 0 Å². The summed E-state index contributed by atoms with van der Waals surface area (Å²) in [5.41, 5.74) is 0.148. The number of furan rings is 2. The minimum Gasteiger partial charge on any atom is -0.545 e. The number of carbonyl (C=O) groups is 2. The molecule has 0 bridgehead atoms. The van der Waals surface area contributed by atoms with Gasteiger partial charge in [-0.15, -0.1) is 0 Å². The van der Waals surface area contributed by atoms with Gasteiger partial charge in [-0.2, -0.15) is 0 Å². The van der Waals surface area contributed by atoms with Crippen molar-refractivity contribution in [3.05, 3.63) is 48.3 Å². The van der Waals surface area contributed by atoms with Crippen molar-refractivity contribution in [2.45, 2.75) is 0 Å². The molecule has 7 heteroatoms. The summed E-state index contributed by atoms with van der Waals surface area (Å²) in [6.07, 6.45) is 4.81. The summed E-state index contributed by atoms with van der Waals surface area (Å²) in [4.78, 5) is 19.8. The fraction of sp³-hybridized carbons (Fsp3) is 0. The van der Waals surface area contributed by atoms with Gasteiger partial charge in [-0.25, -0.2) is 0 Å². The maximum Gasteiger partial charge on any atom is 2.00 e. The first-order valence-corrected chi connectivity index (χ1v) is 4.08. The maximum absolute atomic E-state index is 9.89. The molecule has 0 amide bonds. The first-order valence-electron chi connectivity index (χ1n) is 4.08. The monoisotopic (exact) mass is 246 g/mol. The van der Waals surface area contributed by atoms with Gasteiger partial charge in [0.05, 0.1) is 37.0 Å². The molecule has 84 valence electrons. The second kappa shape index (κ2) is 7.53. The van der Waals surface area contributed by atoms with E-state index >= 15 is 0 Å². The number of rotatable bonds is 2. The third-order valence-electron chi connectivity index (χ3n) is 1.51. The van der Waals surface area contributed by atoms with E-state index in [0.717, 1.165) is 12.5 Å². The van der Waals surface area contributed by atoms with Gasteiger partial charge in [0.2, 0.25) is 0 Å². The summed E-state index contributed by atoms with van der Waals surface area (Å²) in [6, 6.07) is 2.66. The zero-order valence-corrected chi connectivity index (χ0v) is 10.0. The zero-order valence-electron chi connectivity index (χ0n) is 8.62. The van der Waals surface area contributed by atoms with E-state index in [1.807, 2.05) is 0 Å². The van der Waals surface area contributed by atoms with Gasteiger partial charge < -0.3 is 28.6 Å². The molecule has 0 spiro atoms. The smallest absolute Gasteiger partial charge is 0.545 e. The molecule has 2 aromatic heterocycles. The normalized spacial score (nSPS) is 8.47. The molecule has 6 nitrogen and oxygen atoms in total. The number of carboxylic acids is 2. The Kier molecular flexibility index (Phi) is 6.76. The van der Waals surface area contributed by atoms with E-state index in [4.69, 9.17) is 0 Å². The van der Waals surface area contributed by atoms with Crippen LogP contribution in [0.15, 0.2) is 46.0 Å². The predicted molar refractivity (Wildman–Crippen MR) is 51.8 cm³/mol. The minimum atomic E-state index is -1.21. The third-order valence-corrected chi connectivity index (χ3v) is 1.51. The molecule has 2 rings (SSSR count). The Morgan fingerprint density at radius 1 is 0.882 bits per heavy atom. The maximum atomic E-state index is 9.89. The number of carboxylic acid groups (broad SMARTS) is 2. The first kappa shape index (κ1) is 15.3. The molecule has 0 unspecified atom stereocenters. The van der Waals surface area contributed by atoms with Gasteiger partial charge in [-0.05, 0) is 12.1 Å². The van der Waals surface area contributed by atoms with Crippen molar-refractivity contribution in [1.29, 1.82) is 0 Å². The second-order valence-corrected chi connectivity index (χ2v) is 2.60. The molecule has 17 heavy (non-hydrogen) atoms. The fourth-order valence-electron chi connectivity index (χ4n) is 0.761. The average molecular weight is 246 g/mol. The van der Waals surface area contributed by atoms with Crippen molar-refractivity contribution in [3.63, 3.8) is 0 Å². The SMILES string of the molecule is O=C([O-])c1ccoc1.O=C([O-])c1ccoc1.[Mg+2]. The van der Waals surface area contributed by atoms with Crippen LogP contribution in [0, 0.1) is 0 Å². The summed E-state index contributed by atoms with van der Waals surface area (Å²) in [5, 5.41) is 19.8. The Morgan fingerprint density at radius 3 is 1.35 bits per heavy atom. The number of carbonyl (C=O) groups excluding carboxylic acids is 2. The second-order valence-electron chi connectivity index (χ2n) is 2.60. The van der Waals surface area contributed by atoms with Crippen LogP contribution >= 0.6 is 0 Å². The molecule has 0 aromatic carbocycles. The molecule has 0 saturated carbocycles. The molecule has 0 radical (unpaired) electrons. The van der Waals surface area contributed by atoms with Crippen LogP contribution in [0.4, 0.5) is 0 Å². The molecule has 0 aliphatic carbocycles. The Morgan fingerprint density at radius 2 is 1.24 bits per heavy atom. The van der Waals surface area contributed by atoms with Gasteiger partial charge >= 0.3 is 23.1 Å². The molecule has 0 aliphatic rings. The van der Waals surface area contributed by atoms with Crippen LogP contribution in [-0.4, -0.2) is 35.0 Å². The van der Waals surface area contributed by atoms with Crippen molar-refractivity contribution < 1.29 is 28.6 Å². The summed E-state index contributed by atoms with van der Waals surface area (Å²) in [5.74, 6) is -2.42. The third kappa shape index (κ3) is 5.23. The summed E-state index contributed by atoms with van der Waals surface area (Å²) < 4.78 is 8.91. The summed E-state index contributed by atoms with van der Waals surface area (Å²) >= 11 is 0. The molecule has 0 aliphatic heterocycles. The predicted octanol–water partition coefficient (Wildman–Crippen LogP) is -1.09. The van der Waals surface area contributed by atoms with Crippen LogP contribution in [0.2, 0.25) is 0 Å². The first-order chi connectivity index (χ1) is 7.61.